The normalized spacial score (nSPS) is 16.4. The van der Waals surface area contributed by atoms with Gasteiger partial charge in [-0.15, -0.1) is 47.9 Å². The van der Waals surface area contributed by atoms with Gasteiger partial charge in [0.25, 0.3) is 5.91 Å². The van der Waals surface area contributed by atoms with Gasteiger partial charge in [0.05, 0.1) is 16.3 Å². The van der Waals surface area contributed by atoms with Crippen LogP contribution in [0.2, 0.25) is 0 Å². The number of aromatic nitrogens is 1. The van der Waals surface area contributed by atoms with Crippen LogP contribution in [0.25, 0.3) is 0 Å². The molecule has 138 valence electrons. The molecule has 1 unspecified atom stereocenters. The first-order valence-electron chi connectivity index (χ1n) is 7.87. The van der Waals surface area contributed by atoms with Gasteiger partial charge in [-0.05, 0) is 38.4 Å². The maximum absolute atomic E-state index is 12.6. The molecule has 1 atom stereocenters. The lowest BCUT2D eigenvalue weighted by Crippen LogP contribution is -2.45. The summed E-state index contributed by atoms with van der Waals surface area (Å²) in [5.41, 5.74) is 1.83. The van der Waals surface area contributed by atoms with E-state index in [0.717, 1.165) is 52.8 Å². The van der Waals surface area contributed by atoms with Crippen LogP contribution in [-0.2, 0) is 5.75 Å². The Labute approximate surface area is 169 Å². The molecule has 2 heterocycles. The summed E-state index contributed by atoms with van der Waals surface area (Å²) in [5.74, 6) is 0.816. The van der Waals surface area contributed by atoms with Crippen molar-refractivity contribution in [1.82, 2.24) is 15.6 Å². The molecule has 3 rings (SSSR count). The fourth-order valence-corrected chi connectivity index (χ4v) is 4.30. The minimum atomic E-state index is 0. The van der Waals surface area contributed by atoms with Gasteiger partial charge in [-0.3, -0.25) is 4.79 Å². The van der Waals surface area contributed by atoms with E-state index in [2.05, 4.69) is 21.0 Å². The molecule has 0 radical (unpaired) electrons. The Kier molecular flexibility index (Phi) is 9.82. The summed E-state index contributed by atoms with van der Waals surface area (Å²) in [4.78, 5) is 18.1. The topological polar surface area (TPSA) is 54.0 Å². The molecule has 0 bridgehead atoms. The number of hydrogen-bond donors (Lipinski definition) is 2. The molecule has 8 heteroatoms. The number of piperidine rings is 1. The number of aryl methyl sites for hydroxylation is 1. The molecular weight excluding hydrogens is 397 g/mol. The summed E-state index contributed by atoms with van der Waals surface area (Å²) in [5, 5.41) is 9.64. The van der Waals surface area contributed by atoms with Gasteiger partial charge in [-0.2, -0.15) is 0 Å². The molecule has 1 fully saturated rings. The van der Waals surface area contributed by atoms with Crippen LogP contribution in [-0.4, -0.2) is 30.0 Å². The van der Waals surface area contributed by atoms with Crippen LogP contribution in [0.4, 0.5) is 0 Å². The Bertz CT molecular complexity index is 675. The lowest BCUT2D eigenvalue weighted by atomic mass is 10.1. The molecular formula is C17H23Cl2N3OS2. The highest BCUT2D eigenvalue weighted by Crippen LogP contribution is 2.27. The van der Waals surface area contributed by atoms with E-state index < -0.39 is 0 Å². The Morgan fingerprint density at radius 1 is 1.40 bits per heavy atom. The van der Waals surface area contributed by atoms with Crippen LogP contribution in [0.3, 0.4) is 0 Å². The quantitative estimate of drug-likeness (QED) is 0.716. The number of thioether (sulfide) groups is 1. The van der Waals surface area contributed by atoms with Crippen molar-refractivity contribution in [2.24, 2.45) is 0 Å². The first-order valence-corrected chi connectivity index (χ1v) is 9.73. The smallest absolute Gasteiger partial charge is 0.252 e. The molecule has 1 aliphatic rings. The van der Waals surface area contributed by atoms with Crippen molar-refractivity contribution in [2.75, 3.05) is 13.1 Å². The molecule has 4 nitrogen and oxygen atoms in total. The summed E-state index contributed by atoms with van der Waals surface area (Å²) < 4.78 is 0. The second kappa shape index (κ2) is 11.0. The van der Waals surface area contributed by atoms with Crippen LogP contribution in [0.15, 0.2) is 34.5 Å². The Morgan fingerprint density at radius 2 is 2.20 bits per heavy atom. The minimum absolute atomic E-state index is 0. The van der Waals surface area contributed by atoms with Crippen molar-refractivity contribution >= 4 is 53.8 Å². The zero-order valence-corrected chi connectivity index (χ0v) is 17.3. The van der Waals surface area contributed by atoms with Crippen LogP contribution in [0.5, 0.6) is 0 Å². The third-order valence-corrected chi connectivity index (χ3v) is 5.74. The first kappa shape index (κ1) is 22.3. The second-order valence-corrected chi connectivity index (χ2v) is 7.74. The lowest BCUT2D eigenvalue weighted by Gasteiger charge is -2.24. The van der Waals surface area contributed by atoms with Crippen molar-refractivity contribution in [3.8, 4) is 0 Å². The molecule has 0 saturated carbocycles. The second-order valence-electron chi connectivity index (χ2n) is 5.66. The SMILES string of the molecule is Cc1nc(CSc2ccccc2C(=O)NC2CCCNC2)cs1.Cl.Cl. The molecule has 2 N–H and O–H groups in total. The number of nitrogens with zero attached hydrogens (tertiary/aromatic N) is 1. The molecule has 0 spiro atoms. The maximum Gasteiger partial charge on any atom is 0.252 e. The number of thiazole rings is 1. The van der Waals surface area contributed by atoms with Gasteiger partial charge in [0.15, 0.2) is 0 Å². The Hall–Kier alpha value is -0.790. The summed E-state index contributed by atoms with van der Waals surface area (Å²) in [6.07, 6.45) is 2.16. The first-order chi connectivity index (χ1) is 11.2. The summed E-state index contributed by atoms with van der Waals surface area (Å²) >= 11 is 3.33. The van der Waals surface area contributed by atoms with E-state index in [1.54, 1.807) is 23.1 Å². The van der Waals surface area contributed by atoms with Gasteiger partial charge in [0, 0.05) is 28.6 Å². The fraction of sp³-hybridized carbons (Fsp3) is 0.412. The van der Waals surface area contributed by atoms with Crippen LogP contribution in [0, 0.1) is 6.92 Å². The van der Waals surface area contributed by atoms with E-state index in [9.17, 15) is 4.79 Å². The fourth-order valence-electron chi connectivity index (χ4n) is 2.64. The van der Waals surface area contributed by atoms with E-state index >= 15 is 0 Å². The number of halogens is 2. The molecule has 25 heavy (non-hydrogen) atoms. The van der Waals surface area contributed by atoms with Crippen molar-refractivity contribution < 1.29 is 4.79 Å². The highest BCUT2D eigenvalue weighted by molar-refractivity contribution is 7.98. The van der Waals surface area contributed by atoms with Crippen molar-refractivity contribution in [2.45, 2.75) is 36.5 Å². The zero-order chi connectivity index (χ0) is 16.1. The van der Waals surface area contributed by atoms with Gasteiger partial charge in [0.1, 0.15) is 0 Å². The van der Waals surface area contributed by atoms with Crippen LogP contribution in [0.1, 0.15) is 33.9 Å². The van der Waals surface area contributed by atoms with E-state index in [1.165, 1.54) is 0 Å². The number of rotatable bonds is 5. The number of carbonyl (C=O) groups excluding carboxylic acids is 1. The predicted molar refractivity (Wildman–Crippen MR) is 111 cm³/mol. The Balaban J connectivity index is 0.00000156. The standard InChI is InChI=1S/C17H21N3OS2.2ClH/c1-12-19-14(10-22-12)11-23-16-7-3-2-6-15(16)17(21)20-13-5-4-8-18-9-13;;/h2-3,6-7,10,13,18H,4-5,8-9,11H2,1H3,(H,20,21);2*1H. The van der Waals surface area contributed by atoms with E-state index in [1.807, 2.05) is 31.2 Å². The minimum Gasteiger partial charge on any atom is -0.348 e. The molecule has 2 aromatic rings. The summed E-state index contributed by atoms with van der Waals surface area (Å²) in [7, 11) is 0. The van der Waals surface area contributed by atoms with Crippen molar-refractivity contribution in [3.63, 3.8) is 0 Å². The molecule has 1 aliphatic heterocycles. The highest BCUT2D eigenvalue weighted by Gasteiger charge is 2.18. The lowest BCUT2D eigenvalue weighted by molar-refractivity contribution is 0.0927. The third-order valence-electron chi connectivity index (χ3n) is 3.81. The number of benzene rings is 1. The van der Waals surface area contributed by atoms with Gasteiger partial charge in [0.2, 0.25) is 0 Å². The average molecular weight is 420 g/mol. The van der Waals surface area contributed by atoms with Gasteiger partial charge in [-0.1, -0.05) is 12.1 Å². The van der Waals surface area contributed by atoms with E-state index in [0.29, 0.717) is 0 Å². The monoisotopic (exact) mass is 419 g/mol. The number of carbonyl (C=O) groups is 1. The molecule has 1 aromatic heterocycles. The van der Waals surface area contributed by atoms with Crippen LogP contribution < -0.4 is 10.6 Å². The average Bonchev–Trinajstić information content (AvgIpc) is 2.99. The van der Waals surface area contributed by atoms with Crippen molar-refractivity contribution in [1.29, 1.82) is 0 Å². The molecule has 1 amide bonds. The highest BCUT2D eigenvalue weighted by atomic mass is 35.5. The predicted octanol–water partition coefficient (Wildman–Crippen LogP) is 4.07. The molecule has 0 aliphatic carbocycles. The third kappa shape index (κ3) is 6.46. The van der Waals surface area contributed by atoms with Gasteiger partial charge < -0.3 is 10.6 Å². The largest absolute Gasteiger partial charge is 0.348 e. The number of hydrogen-bond acceptors (Lipinski definition) is 5. The number of amides is 1. The van der Waals surface area contributed by atoms with Gasteiger partial charge >= 0.3 is 0 Å². The summed E-state index contributed by atoms with van der Waals surface area (Å²) in [6.45, 7) is 3.92. The summed E-state index contributed by atoms with van der Waals surface area (Å²) in [6, 6.07) is 8.05. The Morgan fingerprint density at radius 3 is 2.88 bits per heavy atom. The number of nitrogens with one attached hydrogen (secondary N) is 2. The zero-order valence-electron chi connectivity index (χ0n) is 14.0. The van der Waals surface area contributed by atoms with Crippen molar-refractivity contribution in [3.05, 3.63) is 45.9 Å². The van der Waals surface area contributed by atoms with E-state index in [-0.39, 0.29) is 36.8 Å². The van der Waals surface area contributed by atoms with E-state index in [4.69, 9.17) is 0 Å². The maximum atomic E-state index is 12.6. The van der Waals surface area contributed by atoms with Crippen LogP contribution >= 0.6 is 47.9 Å². The molecule has 1 aromatic carbocycles. The molecule has 1 saturated heterocycles. The van der Waals surface area contributed by atoms with Gasteiger partial charge in [-0.25, -0.2) is 4.98 Å².